The van der Waals surface area contributed by atoms with Crippen LogP contribution in [0.15, 0.2) is 12.3 Å². The van der Waals surface area contributed by atoms with Crippen molar-refractivity contribution in [2.45, 2.75) is 32.7 Å². The molecule has 0 bridgehead atoms. The molecule has 2 aromatic heterocycles. The molecular formula is C13H16N6O. The lowest BCUT2D eigenvalue weighted by atomic mass is 10.3. The highest BCUT2D eigenvalue weighted by atomic mass is 16.2. The van der Waals surface area contributed by atoms with Gasteiger partial charge in [-0.3, -0.25) is 10.1 Å². The molecule has 1 aliphatic carbocycles. The standard InChI is InChI=1S/C13H16N6O/c1-7-8(2)17-18-13(15-7)16-12(20)11-5-9(14)6-19(11)10-3-4-10/h5-6,10H,3-4,14H2,1-2H3,(H,15,16,18,20). The molecule has 0 radical (unpaired) electrons. The van der Waals surface area contributed by atoms with Crippen LogP contribution in [0.3, 0.4) is 0 Å². The summed E-state index contributed by atoms with van der Waals surface area (Å²) in [5, 5.41) is 10.5. The number of rotatable bonds is 3. The number of hydrogen-bond donors (Lipinski definition) is 2. The minimum absolute atomic E-state index is 0.209. The molecule has 0 spiro atoms. The Labute approximate surface area is 116 Å². The number of carbonyl (C=O) groups is 1. The van der Waals surface area contributed by atoms with Crippen LogP contribution in [0.1, 0.15) is 40.8 Å². The number of anilines is 2. The summed E-state index contributed by atoms with van der Waals surface area (Å²) >= 11 is 0. The number of aryl methyl sites for hydroxylation is 2. The van der Waals surface area contributed by atoms with Crippen molar-refractivity contribution < 1.29 is 4.79 Å². The molecule has 7 heteroatoms. The first-order chi connectivity index (χ1) is 9.54. The highest BCUT2D eigenvalue weighted by Crippen LogP contribution is 2.37. The Kier molecular flexibility index (Phi) is 2.89. The molecule has 2 aromatic rings. The van der Waals surface area contributed by atoms with E-state index in [9.17, 15) is 4.79 Å². The third-order valence-corrected chi connectivity index (χ3v) is 3.36. The van der Waals surface area contributed by atoms with E-state index in [1.54, 1.807) is 12.3 Å². The molecule has 0 aliphatic heterocycles. The van der Waals surface area contributed by atoms with Crippen LogP contribution in [-0.4, -0.2) is 25.7 Å². The molecule has 1 saturated carbocycles. The number of nitrogens with one attached hydrogen (secondary N) is 1. The van der Waals surface area contributed by atoms with Gasteiger partial charge in [-0.05, 0) is 32.8 Å². The first-order valence-electron chi connectivity index (χ1n) is 6.51. The summed E-state index contributed by atoms with van der Waals surface area (Å²) in [5.41, 5.74) is 8.38. The highest BCUT2D eigenvalue weighted by Gasteiger charge is 2.28. The first kappa shape index (κ1) is 12.6. The predicted molar refractivity (Wildman–Crippen MR) is 74.4 cm³/mol. The molecule has 3 N–H and O–H groups in total. The Morgan fingerprint density at radius 3 is 2.75 bits per heavy atom. The lowest BCUT2D eigenvalue weighted by Gasteiger charge is -2.07. The van der Waals surface area contributed by atoms with E-state index in [1.807, 2.05) is 18.4 Å². The van der Waals surface area contributed by atoms with Gasteiger partial charge >= 0.3 is 0 Å². The molecule has 1 aliphatic rings. The molecule has 7 nitrogen and oxygen atoms in total. The number of nitrogens with zero attached hydrogens (tertiary/aromatic N) is 4. The molecule has 0 unspecified atom stereocenters. The van der Waals surface area contributed by atoms with E-state index in [-0.39, 0.29) is 11.9 Å². The van der Waals surface area contributed by atoms with Gasteiger partial charge in [0.05, 0.1) is 17.1 Å². The van der Waals surface area contributed by atoms with E-state index in [4.69, 9.17) is 5.73 Å². The van der Waals surface area contributed by atoms with Crippen LogP contribution in [0.25, 0.3) is 0 Å². The summed E-state index contributed by atoms with van der Waals surface area (Å²) in [4.78, 5) is 16.5. The lowest BCUT2D eigenvalue weighted by Crippen LogP contribution is -2.18. The second-order valence-electron chi connectivity index (χ2n) is 5.06. The molecule has 2 heterocycles. The Morgan fingerprint density at radius 2 is 2.10 bits per heavy atom. The maximum Gasteiger partial charge on any atom is 0.274 e. The summed E-state index contributed by atoms with van der Waals surface area (Å²) in [6, 6.07) is 2.05. The Hall–Kier alpha value is -2.44. The fraction of sp³-hybridized carbons (Fsp3) is 0.385. The number of nitrogens with two attached hydrogens (primary N) is 1. The molecule has 0 atom stereocenters. The number of carbonyl (C=O) groups excluding carboxylic acids is 1. The zero-order valence-corrected chi connectivity index (χ0v) is 11.4. The van der Waals surface area contributed by atoms with Gasteiger partial charge in [0, 0.05) is 12.2 Å². The van der Waals surface area contributed by atoms with Gasteiger partial charge in [0.2, 0.25) is 5.95 Å². The van der Waals surface area contributed by atoms with Crippen molar-refractivity contribution in [2.24, 2.45) is 0 Å². The van der Waals surface area contributed by atoms with Gasteiger partial charge in [-0.2, -0.15) is 5.10 Å². The van der Waals surface area contributed by atoms with E-state index >= 15 is 0 Å². The second kappa shape index (κ2) is 4.59. The molecule has 0 aromatic carbocycles. The fourth-order valence-corrected chi connectivity index (χ4v) is 2.01. The van der Waals surface area contributed by atoms with Crippen molar-refractivity contribution in [3.05, 3.63) is 29.3 Å². The SMILES string of the molecule is Cc1nnc(NC(=O)c2cc(N)cn2C2CC2)nc1C. The van der Waals surface area contributed by atoms with Crippen LogP contribution in [0.2, 0.25) is 0 Å². The van der Waals surface area contributed by atoms with Crippen molar-refractivity contribution >= 4 is 17.5 Å². The number of nitrogen functional groups attached to an aromatic ring is 1. The Morgan fingerprint density at radius 1 is 1.35 bits per heavy atom. The summed E-state index contributed by atoms with van der Waals surface area (Å²) in [6.07, 6.45) is 3.96. The molecular weight excluding hydrogens is 256 g/mol. The summed E-state index contributed by atoms with van der Waals surface area (Å²) < 4.78 is 1.92. The third kappa shape index (κ3) is 2.34. The second-order valence-corrected chi connectivity index (χ2v) is 5.06. The van der Waals surface area contributed by atoms with E-state index in [0.29, 0.717) is 17.4 Å². The van der Waals surface area contributed by atoms with Crippen molar-refractivity contribution in [3.63, 3.8) is 0 Å². The van der Waals surface area contributed by atoms with Crippen molar-refractivity contribution in [2.75, 3.05) is 11.1 Å². The monoisotopic (exact) mass is 272 g/mol. The predicted octanol–water partition coefficient (Wildman–Crippen LogP) is 1.46. The molecule has 3 rings (SSSR count). The van der Waals surface area contributed by atoms with Gasteiger partial charge in [0.1, 0.15) is 5.69 Å². The number of amides is 1. The largest absolute Gasteiger partial charge is 0.397 e. The van der Waals surface area contributed by atoms with Crippen LogP contribution in [-0.2, 0) is 0 Å². The average Bonchev–Trinajstić information content (AvgIpc) is 3.17. The normalized spacial score (nSPS) is 14.3. The van der Waals surface area contributed by atoms with Gasteiger partial charge in [-0.15, -0.1) is 5.10 Å². The van der Waals surface area contributed by atoms with Crippen LogP contribution < -0.4 is 11.1 Å². The summed E-state index contributed by atoms with van der Waals surface area (Å²) in [6.45, 7) is 3.64. The fourth-order valence-electron chi connectivity index (χ4n) is 2.01. The van der Waals surface area contributed by atoms with Gasteiger partial charge in [-0.1, -0.05) is 0 Å². The maximum atomic E-state index is 12.3. The van der Waals surface area contributed by atoms with E-state index in [0.717, 1.165) is 24.2 Å². The number of aromatic nitrogens is 4. The minimum atomic E-state index is -0.265. The quantitative estimate of drug-likeness (QED) is 0.881. The first-order valence-corrected chi connectivity index (χ1v) is 6.51. The zero-order valence-electron chi connectivity index (χ0n) is 11.4. The van der Waals surface area contributed by atoms with E-state index in [1.165, 1.54) is 0 Å². The minimum Gasteiger partial charge on any atom is -0.397 e. The topological polar surface area (TPSA) is 98.7 Å². The number of hydrogen-bond acceptors (Lipinski definition) is 5. The van der Waals surface area contributed by atoms with Crippen molar-refractivity contribution in [3.8, 4) is 0 Å². The smallest absolute Gasteiger partial charge is 0.274 e. The molecule has 1 amide bonds. The third-order valence-electron chi connectivity index (χ3n) is 3.36. The summed E-state index contributed by atoms with van der Waals surface area (Å²) in [7, 11) is 0. The van der Waals surface area contributed by atoms with Crippen LogP contribution in [0, 0.1) is 13.8 Å². The molecule has 20 heavy (non-hydrogen) atoms. The highest BCUT2D eigenvalue weighted by molar-refractivity contribution is 6.02. The van der Waals surface area contributed by atoms with Crippen LogP contribution in [0.4, 0.5) is 11.6 Å². The van der Waals surface area contributed by atoms with Gasteiger partial charge in [-0.25, -0.2) is 4.98 Å². The molecule has 1 fully saturated rings. The van der Waals surface area contributed by atoms with E-state index < -0.39 is 0 Å². The van der Waals surface area contributed by atoms with Crippen LogP contribution in [0.5, 0.6) is 0 Å². The van der Waals surface area contributed by atoms with Gasteiger partial charge < -0.3 is 10.3 Å². The zero-order chi connectivity index (χ0) is 14.3. The Bertz CT molecular complexity index is 673. The van der Waals surface area contributed by atoms with E-state index in [2.05, 4.69) is 20.5 Å². The van der Waals surface area contributed by atoms with Crippen LogP contribution >= 0.6 is 0 Å². The van der Waals surface area contributed by atoms with Crippen molar-refractivity contribution in [1.29, 1.82) is 0 Å². The molecule has 104 valence electrons. The Balaban J connectivity index is 1.84. The average molecular weight is 272 g/mol. The van der Waals surface area contributed by atoms with Gasteiger partial charge in [0.15, 0.2) is 0 Å². The maximum absolute atomic E-state index is 12.3. The summed E-state index contributed by atoms with van der Waals surface area (Å²) in [5.74, 6) is -0.0566. The lowest BCUT2D eigenvalue weighted by molar-refractivity contribution is 0.101. The van der Waals surface area contributed by atoms with Gasteiger partial charge in [0.25, 0.3) is 5.91 Å². The molecule has 0 saturated heterocycles. The van der Waals surface area contributed by atoms with Crippen molar-refractivity contribution in [1.82, 2.24) is 19.7 Å².